The Kier molecular flexibility index (Phi) is 7.77. The van der Waals surface area contributed by atoms with Gasteiger partial charge in [-0.15, -0.1) is 0 Å². The molecular formula is C31H41N3O5S. The number of nitrogens with one attached hydrogen (secondary N) is 1. The maximum absolute atomic E-state index is 13.6. The molecule has 1 saturated heterocycles. The molecule has 1 N–H and O–H groups in total. The van der Waals surface area contributed by atoms with Crippen LogP contribution in [0.25, 0.3) is 0 Å². The largest absolute Gasteiger partial charge is 0.474 e. The lowest BCUT2D eigenvalue weighted by molar-refractivity contribution is -0.0124. The van der Waals surface area contributed by atoms with Gasteiger partial charge < -0.3 is 24.2 Å². The summed E-state index contributed by atoms with van der Waals surface area (Å²) in [6.07, 6.45) is 7.85. The number of hydrogen-bond acceptors (Lipinski definition) is 7. The van der Waals surface area contributed by atoms with E-state index in [1.54, 1.807) is 4.90 Å². The first-order chi connectivity index (χ1) is 19.2. The fraction of sp³-hybridized carbons (Fsp3) is 0.645. The summed E-state index contributed by atoms with van der Waals surface area (Å²) in [6, 6.07) is 10.1. The smallest absolute Gasteiger partial charge is 0.410 e. The third-order valence-electron chi connectivity index (χ3n) is 8.94. The number of rotatable bonds is 7. The zero-order valence-electron chi connectivity index (χ0n) is 23.8. The molecule has 216 valence electrons. The highest BCUT2D eigenvalue weighted by Gasteiger charge is 2.49. The first kappa shape index (κ1) is 27.5. The van der Waals surface area contributed by atoms with Gasteiger partial charge in [0.2, 0.25) is 5.76 Å². The number of aromatic nitrogens is 1. The lowest BCUT2D eigenvalue weighted by Crippen LogP contribution is -2.55. The van der Waals surface area contributed by atoms with Gasteiger partial charge in [0, 0.05) is 29.9 Å². The molecule has 7 rings (SSSR count). The molecule has 4 bridgehead atoms. The molecule has 4 aliphatic carbocycles. The van der Waals surface area contributed by atoms with Crippen LogP contribution in [-0.2, 0) is 4.74 Å². The van der Waals surface area contributed by atoms with Crippen LogP contribution in [0, 0.1) is 29.6 Å². The maximum Gasteiger partial charge on any atom is 0.410 e. The number of nitrogens with zero attached hydrogens (tertiary/aromatic N) is 2. The minimum Gasteiger partial charge on any atom is -0.474 e. The van der Waals surface area contributed by atoms with Crippen molar-refractivity contribution in [3.05, 3.63) is 36.1 Å². The monoisotopic (exact) mass is 567 g/mol. The predicted molar refractivity (Wildman–Crippen MR) is 151 cm³/mol. The van der Waals surface area contributed by atoms with Gasteiger partial charge in [-0.25, -0.2) is 4.79 Å². The average molecular weight is 568 g/mol. The molecule has 1 aliphatic heterocycles. The maximum atomic E-state index is 13.6. The van der Waals surface area contributed by atoms with Crippen molar-refractivity contribution in [3.8, 4) is 5.88 Å². The standard InChI is InChI=1S/C31H41N3O5S/c1-31(2,3)38-30(36)34-11-7-8-19(17-34)18-37-29-27(40-24-9-5-4-6-10-24)26(39-33-29)28(35)32-25-22-13-20-12-21(15-22)16-23(25)14-20/h4-6,9-10,19-23,25H,7-8,11-18H2,1-3H3,(H,32,35). The molecule has 5 fully saturated rings. The van der Waals surface area contributed by atoms with E-state index in [9.17, 15) is 9.59 Å². The predicted octanol–water partition coefficient (Wildman–Crippen LogP) is 6.41. The molecule has 1 aromatic heterocycles. The van der Waals surface area contributed by atoms with Crippen molar-refractivity contribution in [2.75, 3.05) is 19.7 Å². The van der Waals surface area contributed by atoms with E-state index in [0.717, 1.165) is 29.6 Å². The Morgan fingerprint density at radius 2 is 1.77 bits per heavy atom. The quantitative estimate of drug-likeness (QED) is 0.413. The highest BCUT2D eigenvalue weighted by Crippen LogP contribution is 2.53. The number of benzene rings is 1. The summed E-state index contributed by atoms with van der Waals surface area (Å²) >= 11 is 1.44. The van der Waals surface area contributed by atoms with Crippen molar-refractivity contribution in [1.82, 2.24) is 15.4 Å². The van der Waals surface area contributed by atoms with E-state index in [4.69, 9.17) is 14.0 Å². The van der Waals surface area contributed by atoms with Crippen LogP contribution in [0.5, 0.6) is 5.88 Å². The summed E-state index contributed by atoms with van der Waals surface area (Å²) in [7, 11) is 0. The van der Waals surface area contributed by atoms with Crippen LogP contribution in [0.2, 0.25) is 0 Å². The van der Waals surface area contributed by atoms with Crippen LogP contribution in [-0.4, -0.2) is 53.4 Å². The van der Waals surface area contributed by atoms with E-state index in [1.165, 1.54) is 43.9 Å². The normalized spacial score (nSPS) is 29.3. The molecule has 8 nitrogen and oxygen atoms in total. The molecule has 40 heavy (non-hydrogen) atoms. The third-order valence-corrected chi connectivity index (χ3v) is 10.0. The summed E-state index contributed by atoms with van der Waals surface area (Å²) in [6.45, 7) is 7.26. The summed E-state index contributed by atoms with van der Waals surface area (Å²) in [5.41, 5.74) is -0.529. The molecule has 1 atom stereocenters. The van der Waals surface area contributed by atoms with E-state index in [-0.39, 0.29) is 29.7 Å². The molecule has 2 aromatic rings. The lowest BCUT2D eigenvalue weighted by Gasteiger charge is -2.54. The second-order valence-corrected chi connectivity index (χ2v) is 14.3. The molecule has 2 heterocycles. The molecular weight excluding hydrogens is 526 g/mol. The Balaban J connectivity index is 1.15. The Morgan fingerprint density at radius 3 is 2.45 bits per heavy atom. The van der Waals surface area contributed by atoms with Crippen molar-refractivity contribution >= 4 is 23.8 Å². The zero-order valence-corrected chi connectivity index (χ0v) is 24.6. The van der Waals surface area contributed by atoms with E-state index < -0.39 is 5.60 Å². The number of hydrogen-bond donors (Lipinski definition) is 1. The highest BCUT2D eigenvalue weighted by molar-refractivity contribution is 7.99. The van der Waals surface area contributed by atoms with Gasteiger partial charge in [-0.1, -0.05) is 30.0 Å². The third kappa shape index (κ3) is 6.14. The van der Waals surface area contributed by atoms with Gasteiger partial charge in [-0.2, -0.15) is 0 Å². The van der Waals surface area contributed by atoms with Crippen LogP contribution in [0.1, 0.15) is 76.3 Å². The van der Waals surface area contributed by atoms with Crippen molar-refractivity contribution in [2.45, 2.75) is 87.2 Å². The SMILES string of the molecule is CC(C)(C)OC(=O)N1CCCC(COc2noc(C(=O)NC3C4CC5CC(C4)CC3C5)c2Sc2ccccc2)C1. The Labute approximate surface area is 240 Å². The summed E-state index contributed by atoms with van der Waals surface area (Å²) in [5.74, 6) is 3.32. The van der Waals surface area contributed by atoms with Gasteiger partial charge in [-0.05, 0) is 107 Å². The number of likely N-dealkylation sites (tertiary alicyclic amines) is 1. The number of amides is 2. The fourth-order valence-corrected chi connectivity index (χ4v) is 8.40. The molecule has 1 aromatic carbocycles. The first-order valence-electron chi connectivity index (χ1n) is 14.9. The topological polar surface area (TPSA) is 93.9 Å². The van der Waals surface area contributed by atoms with Crippen LogP contribution < -0.4 is 10.1 Å². The molecule has 5 aliphatic rings. The molecule has 0 spiro atoms. The number of piperidine rings is 1. The molecule has 2 amide bonds. The number of ether oxygens (including phenoxy) is 2. The highest BCUT2D eigenvalue weighted by atomic mass is 32.2. The number of carbonyl (C=O) groups excluding carboxylic acids is 2. The van der Waals surface area contributed by atoms with Crippen molar-refractivity contribution in [3.63, 3.8) is 0 Å². The summed E-state index contributed by atoms with van der Waals surface area (Å²) in [4.78, 5) is 29.6. The average Bonchev–Trinajstić information content (AvgIpc) is 3.31. The van der Waals surface area contributed by atoms with Gasteiger partial charge >= 0.3 is 6.09 Å². The second kappa shape index (κ2) is 11.3. The lowest BCUT2D eigenvalue weighted by atomic mass is 9.54. The molecule has 1 unspecified atom stereocenters. The Morgan fingerprint density at radius 1 is 1.07 bits per heavy atom. The van der Waals surface area contributed by atoms with Crippen LogP contribution in [0.4, 0.5) is 4.79 Å². The van der Waals surface area contributed by atoms with E-state index in [0.29, 0.717) is 42.3 Å². The van der Waals surface area contributed by atoms with E-state index >= 15 is 0 Å². The van der Waals surface area contributed by atoms with Gasteiger partial charge in [0.05, 0.1) is 6.61 Å². The second-order valence-electron chi connectivity index (χ2n) is 13.2. The minimum absolute atomic E-state index is 0.137. The zero-order chi connectivity index (χ0) is 27.9. The first-order valence-corrected chi connectivity index (χ1v) is 15.7. The van der Waals surface area contributed by atoms with Gasteiger partial charge in [0.15, 0.2) is 0 Å². The van der Waals surface area contributed by atoms with Crippen LogP contribution >= 0.6 is 11.8 Å². The molecule has 4 saturated carbocycles. The van der Waals surface area contributed by atoms with Gasteiger partial charge in [-0.3, -0.25) is 4.79 Å². The van der Waals surface area contributed by atoms with E-state index in [2.05, 4.69) is 10.5 Å². The van der Waals surface area contributed by atoms with Gasteiger partial charge in [0.1, 0.15) is 10.5 Å². The molecule has 9 heteroatoms. The Hall–Kier alpha value is -2.68. The fourth-order valence-electron chi connectivity index (χ4n) is 7.47. The van der Waals surface area contributed by atoms with Crippen molar-refractivity contribution in [1.29, 1.82) is 0 Å². The van der Waals surface area contributed by atoms with Crippen LogP contribution in [0.15, 0.2) is 44.6 Å². The van der Waals surface area contributed by atoms with E-state index in [1.807, 2.05) is 51.1 Å². The van der Waals surface area contributed by atoms with Crippen molar-refractivity contribution in [2.24, 2.45) is 29.6 Å². The summed E-state index contributed by atoms with van der Waals surface area (Å²) < 4.78 is 17.5. The van der Waals surface area contributed by atoms with Crippen molar-refractivity contribution < 1.29 is 23.6 Å². The Bertz CT molecular complexity index is 1180. The number of carbonyl (C=O) groups is 2. The summed E-state index contributed by atoms with van der Waals surface area (Å²) in [5, 5.41) is 7.58. The van der Waals surface area contributed by atoms with Crippen LogP contribution in [0.3, 0.4) is 0 Å². The minimum atomic E-state index is -0.529. The van der Waals surface area contributed by atoms with Gasteiger partial charge in [0.25, 0.3) is 11.8 Å². The molecule has 0 radical (unpaired) electrons.